The number of methoxy groups -OCH3 is 1. The van der Waals surface area contributed by atoms with Crippen molar-refractivity contribution in [3.63, 3.8) is 0 Å². The van der Waals surface area contributed by atoms with Crippen LogP contribution in [0.2, 0.25) is 0 Å². The summed E-state index contributed by atoms with van der Waals surface area (Å²) in [7, 11) is 1.26. The summed E-state index contributed by atoms with van der Waals surface area (Å²) in [5.41, 5.74) is 0. The highest BCUT2D eigenvalue weighted by Crippen LogP contribution is 2.37. The fourth-order valence-corrected chi connectivity index (χ4v) is 1.60. The lowest BCUT2D eigenvalue weighted by atomic mass is 10.2. The van der Waals surface area contributed by atoms with E-state index < -0.39 is 22.8 Å². The second-order valence-electron chi connectivity index (χ2n) is 3.98. The third-order valence-electron chi connectivity index (χ3n) is 2.66. The number of nitrogens with zero attached hydrogens (tertiary/aromatic N) is 2. The van der Waals surface area contributed by atoms with E-state index in [1.54, 1.807) is 0 Å². The van der Waals surface area contributed by atoms with Gasteiger partial charge in [0.1, 0.15) is 6.20 Å². The Kier molecular flexibility index (Phi) is 3.40. The van der Waals surface area contributed by atoms with Crippen molar-refractivity contribution in [3.05, 3.63) is 28.4 Å². The fraction of sp³-hybridized carbons (Fsp3) is 0.455. The van der Waals surface area contributed by atoms with Crippen molar-refractivity contribution in [1.82, 2.24) is 4.98 Å². The summed E-state index contributed by atoms with van der Waals surface area (Å²) in [6.07, 6.45) is 2.22. The number of hydrogen-bond acceptors (Lipinski definition) is 6. The first kappa shape index (κ1) is 12.3. The molecule has 1 atom stereocenters. The maximum Gasteiger partial charge on any atom is 0.406 e. The number of pyridine rings is 1. The molecule has 1 unspecified atom stereocenters. The summed E-state index contributed by atoms with van der Waals surface area (Å²) in [5.74, 6) is -0.857. The van der Waals surface area contributed by atoms with Gasteiger partial charge in [-0.05, 0) is 34.9 Å². The van der Waals surface area contributed by atoms with E-state index in [2.05, 4.69) is 9.72 Å². The van der Waals surface area contributed by atoms with Crippen molar-refractivity contribution < 1.29 is 19.2 Å². The molecule has 0 saturated heterocycles. The first-order valence-corrected chi connectivity index (χ1v) is 5.47. The van der Waals surface area contributed by atoms with Crippen LogP contribution < -0.4 is 4.74 Å². The highest BCUT2D eigenvalue weighted by atomic mass is 16.6. The van der Waals surface area contributed by atoms with E-state index in [4.69, 9.17) is 4.74 Å². The van der Waals surface area contributed by atoms with E-state index in [1.165, 1.54) is 25.4 Å². The van der Waals surface area contributed by atoms with Crippen molar-refractivity contribution in [1.29, 1.82) is 0 Å². The normalized spacial score (nSPS) is 15.8. The molecular formula is C11H12N2O5. The van der Waals surface area contributed by atoms with Gasteiger partial charge in [0.25, 0.3) is 0 Å². The van der Waals surface area contributed by atoms with Crippen molar-refractivity contribution in [2.24, 2.45) is 5.92 Å². The molecule has 0 aromatic carbocycles. The third kappa shape index (κ3) is 2.55. The molecule has 0 bridgehead atoms. The van der Waals surface area contributed by atoms with Gasteiger partial charge in [0.15, 0.2) is 6.10 Å². The van der Waals surface area contributed by atoms with Crippen LogP contribution >= 0.6 is 0 Å². The lowest BCUT2D eigenvalue weighted by molar-refractivity contribution is -0.390. The molecule has 96 valence electrons. The van der Waals surface area contributed by atoms with Crippen molar-refractivity contribution >= 4 is 11.8 Å². The van der Waals surface area contributed by atoms with Gasteiger partial charge < -0.3 is 19.6 Å². The van der Waals surface area contributed by atoms with Gasteiger partial charge in [-0.25, -0.2) is 4.79 Å². The predicted molar refractivity (Wildman–Crippen MR) is 60.0 cm³/mol. The third-order valence-corrected chi connectivity index (χ3v) is 2.66. The summed E-state index contributed by atoms with van der Waals surface area (Å²) in [5, 5.41) is 10.8. The number of nitro groups is 1. The van der Waals surface area contributed by atoms with Gasteiger partial charge in [0, 0.05) is 5.92 Å². The molecule has 2 rings (SSSR count). The maximum atomic E-state index is 11.5. The first-order valence-electron chi connectivity index (χ1n) is 5.47. The minimum Gasteiger partial charge on any atom is -0.470 e. The number of aromatic nitrogens is 1. The largest absolute Gasteiger partial charge is 0.470 e. The molecule has 0 N–H and O–H groups in total. The Balaban J connectivity index is 2.21. The van der Waals surface area contributed by atoms with E-state index in [0.717, 1.165) is 12.8 Å². The summed E-state index contributed by atoms with van der Waals surface area (Å²) in [6, 6.07) is 2.94. The van der Waals surface area contributed by atoms with Gasteiger partial charge in [-0.15, -0.1) is 0 Å². The average molecular weight is 252 g/mol. The van der Waals surface area contributed by atoms with Crippen LogP contribution in [0.5, 0.6) is 5.75 Å². The Morgan fingerprint density at radius 3 is 2.89 bits per heavy atom. The topological polar surface area (TPSA) is 91.6 Å². The molecule has 0 aliphatic heterocycles. The predicted octanol–water partition coefficient (Wildman–Crippen LogP) is 1.32. The standard InChI is InChI=1S/C11H12N2O5/c1-17-11(14)9(7-4-5-7)18-8-3-2-6-12-10(8)13(15)16/h2-3,6-7,9H,4-5H2,1H3. The van der Waals surface area contributed by atoms with Gasteiger partial charge >= 0.3 is 11.8 Å². The Morgan fingerprint density at radius 1 is 1.61 bits per heavy atom. The quantitative estimate of drug-likeness (QED) is 0.446. The van der Waals surface area contributed by atoms with Crippen LogP contribution in [0.3, 0.4) is 0 Å². The van der Waals surface area contributed by atoms with Crippen molar-refractivity contribution in [2.45, 2.75) is 18.9 Å². The smallest absolute Gasteiger partial charge is 0.406 e. The summed E-state index contributed by atoms with van der Waals surface area (Å²) in [4.78, 5) is 25.3. The van der Waals surface area contributed by atoms with E-state index in [9.17, 15) is 14.9 Å². The summed E-state index contributed by atoms with van der Waals surface area (Å²) in [6.45, 7) is 0. The second-order valence-corrected chi connectivity index (χ2v) is 3.98. The van der Waals surface area contributed by atoms with E-state index in [-0.39, 0.29) is 11.7 Å². The molecular weight excluding hydrogens is 240 g/mol. The molecule has 0 radical (unpaired) electrons. The molecule has 1 aromatic heterocycles. The second kappa shape index (κ2) is 4.99. The number of rotatable bonds is 5. The number of carbonyl (C=O) groups is 1. The Morgan fingerprint density at radius 2 is 2.33 bits per heavy atom. The average Bonchev–Trinajstić information content (AvgIpc) is 3.19. The lowest BCUT2D eigenvalue weighted by Crippen LogP contribution is -2.31. The van der Waals surface area contributed by atoms with E-state index >= 15 is 0 Å². The van der Waals surface area contributed by atoms with Crippen LogP contribution in [-0.4, -0.2) is 29.1 Å². The Bertz CT molecular complexity index is 472. The Labute approximate surface area is 103 Å². The molecule has 1 aromatic rings. The first-order chi connectivity index (χ1) is 8.63. The zero-order chi connectivity index (χ0) is 13.1. The fourth-order valence-electron chi connectivity index (χ4n) is 1.60. The van der Waals surface area contributed by atoms with Crippen LogP contribution in [0.4, 0.5) is 5.82 Å². The molecule has 1 heterocycles. The molecule has 1 fully saturated rings. The molecule has 18 heavy (non-hydrogen) atoms. The minimum atomic E-state index is -0.794. The van der Waals surface area contributed by atoms with Crippen LogP contribution in [0.1, 0.15) is 12.8 Å². The zero-order valence-electron chi connectivity index (χ0n) is 9.74. The summed E-state index contributed by atoms with van der Waals surface area (Å²) < 4.78 is 10.0. The number of ether oxygens (including phenoxy) is 2. The molecule has 0 spiro atoms. The van der Waals surface area contributed by atoms with Crippen molar-refractivity contribution in [2.75, 3.05) is 7.11 Å². The van der Waals surface area contributed by atoms with Gasteiger partial charge in [-0.2, -0.15) is 0 Å². The van der Waals surface area contributed by atoms with Gasteiger partial charge in [0.2, 0.25) is 5.75 Å². The van der Waals surface area contributed by atoms with E-state index in [1.807, 2.05) is 0 Å². The van der Waals surface area contributed by atoms with Gasteiger partial charge in [-0.3, -0.25) is 0 Å². The van der Waals surface area contributed by atoms with Gasteiger partial charge in [-0.1, -0.05) is 0 Å². The lowest BCUT2D eigenvalue weighted by Gasteiger charge is -2.15. The van der Waals surface area contributed by atoms with Crippen LogP contribution in [0.15, 0.2) is 18.3 Å². The van der Waals surface area contributed by atoms with Crippen LogP contribution in [0.25, 0.3) is 0 Å². The highest BCUT2D eigenvalue weighted by molar-refractivity contribution is 5.76. The molecule has 1 aliphatic carbocycles. The molecule has 1 saturated carbocycles. The molecule has 7 nitrogen and oxygen atoms in total. The summed E-state index contributed by atoms with van der Waals surface area (Å²) >= 11 is 0. The number of hydrogen-bond donors (Lipinski definition) is 0. The maximum absolute atomic E-state index is 11.5. The van der Waals surface area contributed by atoms with Crippen LogP contribution in [-0.2, 0) is 9.53 Å². The van der Waals surface area contributed by atoms with Gasteiger partial charge in [0.05, 0.1) is 7.11 Å². The highest BCUT2D eigenvalue weighted by Gasteiger charge is 2.40. The Hall–Kier alpha value is -2.18. The zero-order valence-corrected chi connectivity index (χ0v) is 9.74. The molecule has 0 amide bonds. The van der Waals surface area contributed by atoms with E-state index in [0.29, 0.717) is 0 Å². The molecule has 7 heteroatoms. The minimum absolute atomic E-state index is 0.00944. The number of carbonyl (C=O) groups excluding carboxylic acids is 1. The SMILES string of the molecule is COC(=O)C(Oc1cccnc1[N+](=O)[O-])C1CC1. The molecule has 1 aliphatic rings. The number of esters is 1. The monoisotopic (exact) mass is 252 g/mol. The van der Waals surface area contributed by atoms with Crippen molar-refractivity contribution in [3.8, 4) is 5.75 Å². The van der Waals surface area contributed by atoms with Crippen LogP contribution in [0, 0.1) is 16.0 Å².